The van der Waals surface area contributed by atoms with Crippen molar-refractivity contribution < 1.29 is 35.5 Å². The zero-order valence-corrected chi connectivity index (χ0v) is 10.5. The van der Waals surface area contributed by atoms with E-state index in [0.29, 0.717) is 0 Å². The first kappa shape index (κ1) is 18.2. The van der Waals surface area contributed by atoms with Gasteiger partial charge in [-0.15, -0.1) is 0 Å². The lowest BCUT2D eigenvalue weighted by molar-refractivity contribution is -0.236. The van der Waals surface area contributed by atoms with Crippen LogP contribution in [0.3, 0.4) is 0 Å². The summed E-state index contributed by atoms with van der Waals surface area (Å²) < 4.78 is 91.4. The van der Waals surface area contributed by atoms with Gasteiger partial charge in [0.15, 0.2) is 6.17 Å². The van der Waals surface area contributed by atoms with E-state index in [9.17, 15) is 30.7 Å². The van der Waals surface area contributed by atoms with Crippen LogP contribution in [0.4, 0.5) is 30.7 Å². The molecular weight excluding hydrogens is 281 g/mol. The van der Waals surface area contributed by atoms with Crippen LogP contribution in [0.25, 0.3) is 0 Å². The minimum Gasteiger partial charge on any atom is -0.377 e. The first-order valence-electron chi connectivity index (χ1n) is 5.39. The number of halogens is 7. The van der Waals surface area contributed by atoms with E-state index in [2.05, 4.69) is 11.3 Å². The van der Waals surface area contributed by atoms with Gasteiger partial charge in [0, 0.05) is 0 Å². The van der Waals surface area contributed by atoms with Crippen molar-refractivity contribution >= 4 is 0 Å². The van der Waals surface area contributed by atoms with Crippen molar-refractivity contribution in [3.05, 3.63) is 12.2 Å². The van der Waals surface area contributed by atoms with E-state index in [-0.39, 0.29) is 6.42 Å². The van der Waals surface area contributed by atoms with Crippen molar-refractivity contribution in [2.24, 2.45) is 5.41 Å². The van der Waals surface area contributed by atoms with E-state index < -0.39 is 42.7 Å². The lowest BCUT2D eigenvalue weighted by Crippen LogP contribution is -2.39. The van der Waals surface area contributed by atoms with E-state index in [0.717, 1.165) is 6.92 Å². The second-order valence-electron chi connectivity index (χ2n) is 4.42. The normalized spacial score (nSPS) is 17.9. The summed E-state index contributed by atoms with van der Waals surface area (Å²) in [7, 11) is 0. The van der Waals surface area contributed by atoms with Crippen LogP contribution >= 0.6 is 0 Å². The van der Waals surface area contributed by atoms with Crippen molar-refractivity contribution in [3.63, 3.8) is 0 Å². The fourth-order valence-corrected chi connectivity index (χ4v) is 1.05. The van der Waals surface area contributed by atoms with Crippen molar-refractivity contribution in [3.8, 4) is 0 Å². The molecule has 1 nitrogen and oxygen atoms in total. The van der Waals surface area contributed by atoms with Crippen LogP contribution in [0.1, 0.15) is 20.3 Å². The van der Waals surface area contributed by atoms with E-state index in [1.54, 1.807) is 0 Å². The van der Waals surface area contributed by atoms with E-state index >= 15 is 0 Å². The van der Waals surface area contributed by atoms with Crippen LogP contribution in [-0.2, 0) is 4.74 Å². The number of hydrogen-bond donors (Lipinski definition) is 0. The number of ether oxygens (including phenoxy) is 1. The van der Waals surface area contributed by atoms with Gasteiger partial charge in [-0.3, -0.25) is 0 Å². The molecule has 0 saturated heterocycles. The number of hydrogen-bond acceptors (Lipinski definition) is 1. The second kappa shape index (κ2) is 6.11. The molecule has 0 aliphatic rings. The van der Waals surface area contributed by atoms with Crippen molar-refractivity contribution in [1.82, 2.24) is 0 Å². The molecule has 0 aliphatic carbocycles. The molecule has 2 atom stereocenters. The molecule has 0 heterocycles. The molecule has 0 bridgehead atoms. The summed E-state index contributed by atoms with van der Waals surface area (Å²) >= 11 is 0. The van der Waals surface area contributed by atoms with Gasteiger partial charge >= 0.3 is 12.4 Å². The van der Waals surface area contributed by atoms with Gasteiger partial charge in [-0.1, -0.05) is 13.5 Å². The quantitative estimate of drug-likeness (QED) is 0.520. The van der Waals surface area contributed by atoms with Crippen LogP contribution < -0.4 is 0 Å². The Morgan fingerprint density at radius 3 is 1.95 bits per heavy atom. The highest BCUT2D eigenvalue weighted by atomic mass is 19.4. The van der Waals surface area contributed by atoms with Crippen LogP contribution in [0.2, 0.25) is 0 Å². The highest BCUT2D eigenvalue weighted by Gasteiger charge is 2.50. The molecule has 0 amide bonds. The zero-order valence-electron chi connectivity index (χ0n) is 10.5. The van der Waals surface area contributed by atoms with Gasteiger partial charge in [-0.2, -0.15) is 26.3 Å². The van der Waals surface area contributed by atoms with Gasteiger partial charge in [0.2, 0.25) is 0 Å². The molecule has 0 aromatic heterocycles. The molecule has 0 spiro atoms. The van der Waals surface area contributed by atoms with Crippen molar-refractivity contribution in [2.45, 2.75) is 38.8 Å². The first-order chi connectivity index (χ1) is 8.35. The fourth-order valence-electron chi connectivity index (χ4n) is 1.05. The molecule has 0 N–H and O–H groups in total. The molecule has 0 aromatic carbocycles. The van der Waals surface area contributed by atoms with Crippen molar-refractivity contribution in [2.75, 3.05) is 13.2 Å². The highest BCUT2D eigenvalue weighted by Crippen LogP contribution is 2.41. The molecule has 0 fully saturated rings. The van der Waals surface area contributed by atoms with Gasteiger partial charge in [0.25, 0.3) is 0 Å². The lowest BCUT2D eigenvalue weighted by atomic mass is 9.88. The minimum atomic E-state index is -4.93. The standard InChI is InChI=1S/C11H15F7O/c1-4-9(3,11(16,17)18)6-19-5-8(12)7(2)10(13,14)15/h8H,2,4-6H2,1,3H3. The molecule has 0 rings (SSSR count). The Morgan fingerprint density at radius 2 is 1.63 bits per heavy atom. The summed E-state index contributed by atoms with van der Waals surface area (Å²) in [4.78, 5) is 0. The molecule has 0 radical (unpaired) electrons. The molecule has 0 aromatic rings. The summed E-state index contributed by atoms with van der Waals surface area (Å²) in [6.45, 7) is 2.62. The van der Waals surface area contributed by atoms with E-state index in [1.165, 1.54) is 6.92 Å². The topological polar surface area (TPSA) is 9.23 Å². The molecule has 114 valence electrons. The summed E-state index contributed by atoms with van der Waals surface area (Å²) in [5.41, 5.74) is -3.88. The predicted octanol–water partition coefficient (Wildman–Crippen LogP) is 4.44. The van der Waals surface area contributed by atoms with Gasteiger partial charge in [0.1, 0.15) is 0 Å². The maximum Gasteiger partial charge on any atom is 0.414 e. The van der Waals surface area contributed by atoms with Gasteiger partial charge < -0.3 is 4.74 Å². The SMILES string of the molecule is C=C(C(F)COCC(C)(CC)C(F)(F)F)C(F)(F)F. The Labute approximate surface area is 106 Å². The Morgan fingerprint density at radius 1 is 1.16 bits per heavy atom. The van der Waals surface area contributed by atoms with Crippen LogP contribution in [0.15, 0.2) is 12.2 Å². The average Bonchev–Trinajstić information content (AvgIpc) is 2.24. The maximum absolute atomic E-state index is 13.0. The summed E-state index contributed by atoms with van der Waals surface area (Å²) in [6.07, 6.45) is -12.4. The zero-order chi connectivity index (χ0) is 15.5. The van der Waals surface area contributed by atoms with Crippen LogP contribution in [0, 0.1) is 5.41 Å². The molecule has 19 heavy (non-hydrogen) atoms. The number of rotatable bonds is 6. The first-order valence-corrected chi connectivity index (χ1v) is 5.39. The lowest BCUT2D eigenvalue weighted by Gasteiger charge is -2.30. The average molecular weight is 296 g/mol. The minimum absolute atomic E-state index is 0.326. The Balaban J connectivity index is 4.41. The Bertz CT molecular complexity index is 307. The molecule has 8 heteroatoms. The third-order valence-electron chi connectivity index (χ3n) is 2.89. The van der Waals surface area contributed by atoms with Crippen LogP contribution in [-0.4, -0.2) is 31.7 Å². The Hall–Kier alpha value is -0.790. The predicted molar refractivity (Wildman–Crippen MR) is 55.4 cm³/mol. The van der Waals surface area contributed by atoms with Crippen molar-refractivity contribution in [1.29, 1.82) is 0 Å². The monoisotopic (exact) mass is 296 g/mol. The highest BCUT2D eigenvalue weighted by molar-refractivity contribution is 5.09. The largest absolute Gasteiger partial charge is 0.414 e. The van der Waals surface area contributed by atoms with Gasteiger partial charge in [-0.25, -0.2) is 4.39 Å². The fraction of sp³-hybridized carbons (Fsp3) is 0.818. The smallest absolute Gasteiger partial charge is 0.377 e. The maximum atomic E-state index is 13.0. The Kier molecular flexibility index (Phi) is 5.85. The second-order valence-corrected chi connectivity index (χ2v) is 4.42. The molecule has 0 saturated carbocycles. The summed E-state index contributed by atoms with van der Waals surface area (Å²) in [5, 5.41) is 0. The molecular formula is C11H15F7O. The number of alkyl halides is 7. The third kappa shape index (κ3) is 5.00. The third-order valence-corrected chi connectivity index (χ3v) is 2.89. The van der Waals surface area contributed by atoms with E-state index in [1.807, 2.05) is 0 Å². The van der Waals surface area contributed by atoms with Gasteiger partial charge in [0.05, 0.1) is 24.2 Å². The molecule has 2 unspecified atom stereocenters. The van der Waals surface area contributed by atoms with E-state index in [4.69, 9.17) is 0 Å². The van der Waals surface area contributed by atoms with Gasteiger partial charge in [-0.05, 0) is 13.3 Å². The van der Waals surface area contributed by atoms with Crippen LogP contribution in [0.5, 0.6) is 0 Å². The summed E-state index contributed by atoms with van der Waals surface area (Å²) in [5.74, 6) is 0. The summed E-state index contributed by atoms with van der Waals surface area (Å²) in [6, 6.07) is 0. The molecule has 0 aliphatic heterocycles.